The van der Waals surface area contributed by atoms with Gasteiger partial charge in [-0.05, 0) is 6.92 Å². The number of rotatable bonds is 4. The number of nitrogens with one attached hydrogen (secondary N) is 1. The molecule has 2 atom stereocenters. The van der Waals surface area contributed by atoms with Crippen LogP contribution in [0, 0.1) is 6.92 Å². The fraction of sp³-hybridized carbons (Fsp3) is 0.500. The highest BCUT2D eigenvalue weighted by molar-refractivity contribution is 5.80. The summed E-state index contributed by atoms with van der Waals surface area (Å²) in [5.41, 5.74) is 3.00. The molecule has 0 radical (unpaired) electrons. The van der Waals surface area contributed by atoms with Crippen molar-refractivity contribution >= 4 is 5.91 Å². The second-order valence-electron chi connectivity index (χ2n) is 5.44. The van der Waals surface area contributed by atoms with E-state index in [0.717, 1.165) is 17.0 Å². The topological polar surface area (TPSA) is 76.2 Å². The Labute approximate surface area is 122 Å². The average molecular weight is 289 g/mol. The zero-order valence-electron chi connectivity index (χ0n) is 12.4. The maximum Gasteiger partial charge on any atom is 0.224 e. The largest absolute Gasteiger partial charge is 0.364 e. The van der Waals surface area contributed by atoms with E-state index in [2.05, 4.69) is 15.6 Å². The minimum atomic E-state index is -0.00176. The van der Waals surface area contributed by atoms with E-state index in [0.29, 0.717) is 13.0 Å². The van der Waals surface area contributed by atoms with E-state index in [1.807, 2.05) is 38.0 Å². The third-order valence-corrected chi connectivity index (χ3v) is 4.21. The van der Waals surface area contributed by atoms with Gasteiger partial charge >= 0.3 is 0 Å². The first-order valence-electron chi connectivity index (χ1n) is 6.94. The Morgan fingerprint density at radius 3 is 2.90 bits per heavy atom. The Morgan fingerprint density at radius 2 is 2.29 bits per heavy atom. The first kappa shape index (κ1) is 13.8. The van der Waals surface area contributed by atoms with E-state index in [4.69, 9.17) is 4.52 Å². The Balaban J connectivity index is 1.81. The predicted molar refractivity (Wildman–Crippen MR) is 75.2 cm³/mol. The van der Waals surface area contributed by atoms with Crippen LogP contribution in [0.2, 0.25) is 0 Å². The first-order chi connectivity index (χ1) is 10.1. The lowest BCUT2D eigenvalue weighted by atomic mass is 10.0. The van der Waals surface area contributed by atoms with Gasteiger partial charge in [0.05, 0.1) is 17.9 Å². The number of amides is 1. The summed E-state index contributed by atoms with van der Waals surface area (Å²) >= 11 is 0. The molecule has 2 aromatic rings. The summed E-state index contributed by atoms with van der Waals surface area (Å²) in [5, 5.41) is 11.6. The Morgan fingerprint density at radius 1 is 1.48 bits per heavy atom. The second kappa shape index (κ2) is 5.33. The van der Waals surface area contributed by atoms with Crippen LogP contribution in [-0.4, -0.2) is 38.8 Å². The van der Waals surface area contributed by atoms with Crippen LogP contribution in [0.15, 0.2) is 23.0 Å². The summed E-state index contributed by atoms with van der Waals surface area (Å²) in [6.45, 7) is 2.60. The van der Waals surface area contributed by atoms with Crippen molar-refractivity contribution < 1.29 is 9.32 Å². The third-order valence-electron chi connectivity index (χ3n) is 4.21. The van der Waals surface area contributed by atoms with Crippen LogP contribution in [-0.2, 0) is 18.4 Å². The lowest BCUT2D eigenvalue weighted by Crippen LogP contribution is -2.35. The van der Waals surface area contributed by atoms with Crippen molar-refractivity contribution in [3.05, 3.63) is 35.5 Å². The Bertz CT molecular complexity index is 634. The number of carbonyl (C=O) groups excluding carboxylic acids is 1. The van der Waals surface area contributed by atoms with Gasteiger partial charge in [0, 0.05) is 50.4 Å². The molecule has 7 nitrogen and oxygen atoms in total. The van der Waals surface area contributed by atoms with Crippen LogP contribution >= 0.6 is 0 Å². The van der Waals surface area contributed by atoms with E-state index in [9.17, 15) is 4.79 Å². The summed E-state index contributed by atoms with van der Waals surface area (Å²) in [6.07, 6.45) is 3.87. The van der Waals surface area contributed by atoms with Crippen LogP contribution in [0.5, 0.6) is 0 Å². The van der Waals surface area contributed by atoms with Gasteiger partial charge in [-0.1, -0.05) is 5.16 Å². The van der Waals surface area contributed by atoms with Crippen molar-refractivity contribution in [1.82, 2.24) is 25.2 Å². The molecule has 1 amide bonds. The van der Waals surface area contributed by atoms with Gasteiger partial charge in [-0.25, -0.2) is 0 Å². The molecular weight excluding hydrogens is 270 g/mol. The number of aromatic nitrogens is 3. The summed E-state index contributed by atoms with van der Waals surface area (Å²) < 4.78 is 6.66. The smallest absolute Gasteiger partial charge is 0.224 e. The molecule has 0 saturated carbocycles. The molecule has 0 aromatic carbocycles. The van der Waals surface area contributed by atoms with Crippen LogP contribution in [0.1, 0.15) is 29.4 Å². The number of likely N-dealkylation sites (N-methyl/N-ethyl adjacent to an activating group) is 1. The maximum atomic E-state index is 12.1. The van der Waals surface area contributed by atoms with Crippen molar-refractivity contribution in [2.45, 2.75) is 32.0 Å². The van der Waals surface area contributed by atoms with Gasteiger partial charge in [0.2, 0.25) is 5.91 Å². The average Bonchev–Trinajstić information content (AvgIpc) is 3.14. The molecule has 1 saturated heterocycles. The van der Waals surface area contributed by atoms with Crippen LogP contribution in [0.4, 0.5) is 0 Å². The predicted octanol–water partition coefficient (Wildman–Crippen LogP) is 0.778. The molecular formula is C14H19N5O2. The number of carbonyl (C=O) groups is 1. The van der Waals surface area contributed by atoms with Crippen LogP contribution in [0.3, 0.4) is 0 Å². The molecule has 21 heavy (non-hydrogen) atoms. The van der Waals surface area contributed by atoms with Crippen molar-refractivity contribution in [3.63, 3.8) is 0 Å². The highest BCUT2D eigenvalue weighted by Gasteiger charge is 2.39. The van der Waals surface area contributed by atoms with Crippen molar-refractivity contribution in [2.75, 3.05) is 7.05 Å². The zero-order chi connectivity index (χ0) is 15.0. The number of hydrogen-bond acceptors (Lipinski definition) is 5. The minimum Gasteiger partial charge on any atom is -0.364 e. The quantitative estimate of drug-likeness (QED) is 0.900. The summed E-state index contributed by atoms with van der Waals surface area (Å²) in [6, 6.07) is 1.86. The third kappa shape index (κ3) is 2.44. The van der Waals surface area contributed by atoms with E-state index < -0.39 is 0 Å². The molecule has 112 valence electrons. The molecule has 2 aromatic heterocycles. The fourth-order valence-corrected chi connectivity index (χ4v) is 2.85. The lowest BCUT2D eigenvalue weighted by Gasteiger charge is -2.25. The highest BCUT2D eigenvalue weighted by Crippen LogP contribution is 2.33. The Kier molecular flexibility index (Phi) is 3.50. The van der Waals surface area contributed by atoms with E-state index >= 15 is 0 Å². The van der Waals surface area contributed by atoms with Gasteiger partial charge in [0.1, 0.15) is 6.26 Å². The molecule has 1 fully saturated rings. The summed E-state index contributed by atoms with van der Waals surface area (Å²) in [5.74, 6) is 0.140. The monoisotopic (exact) mass is 289 g/mol. The van der Waals surface area contributed by atoms with Gasteiger partial charge in [0.15, 0.2) is 0 Å². The van der Waals surface area contributed by atoms with Crippen molar-refractivity contribution in [2.24, 2.45) is 7.05 Å². The van der Waals surface area contributed by atoms with Crippen LogP contribution < -0.4 is 5.32 Å². The van der Waals surface area contributed by atoms with Gasteiger partial charge in [-0.15, -0.1) is 0 Å². The number of likely N-dealkylation sites (tertiary alicyclic amines) is 1. The maximum absolute atomic E-state index is 12.1. The SMILES string of the molecule is Cc1c([C@H]2[C@H](NCc3ccon3)CC(=O)N2C)cnn1C. The normalized spacial score (nSPS) is 22.2. The molecule has 3 heterocycles. The van der Waals surface area contributed by atoms with E-state index in [-0.39, 0.29) is 18.0 Å². The van der Waals surface area contributed by atoms with Gasteiger partial charge < -0.3 is 14.7 Å². The summed E-state index contributed by atoms with van der Waals surface area (Å²) in [7, 11) is 3.75. The first-order valence-corrected chi connectivity index (χ1v) is 6.94. The Hall–Kier alpha value is -2.15. The minimum absolute atomic E-state index is 0.00176. The summed E-state index contributed by atoms with van der Waals surface area (Å²) in [4.78, 5) is 13.9. The second-order valence-corrected chi connectivity index (χ2v) is 5.44. The van der Waals surface area contributed by atoms with E-state index in [1.54, 1.807) is 11.2 Å². The molecule has 3 rings (SSSR count). The molecule has 1 N–H and O–H groups in total. The molecule has 1 aliphatic heterocycles. The van der Waals surface area contributed by atoms with Crippen molar-refractivity contribution in [1.29, 1.82) is 0 Å². The molecule has 0 unspecified atom stereocenters. The highest BCUT2D eigenvalue weighted by atomic mass is 16.5. The van der Waals surface area contributed by atoms with Gasteiger partial charge in [-0.3, -0.25) is 9.48 Å². The van der Waals surface area contributed by atoms with Crippen molar-refractivity contribution in [3.8, 4) is 0 Å². The molecule has 0 bridgehead atoms. The molecule has 7 heteroatoms. The molecule has 1 aliphatic rings. The van der Waals surface area contributed by atoms with Gasteiger partial charge in [0.25, 0.3) is 0 Å². The lowest BCUT2D eigenvalue weighted by molar-refractivity contribution is -0.127. The van der Waals surface area contributed by atoms with Gasteiger partial charge in [-0.2, -0.15) is 5.10 Å². The molecule has 0 aliphatic carbocycles. The molecule has 0 spiro atoms. The van der Waals surface area contributed by atoms with Crippen LogP contribution in [0.25, 0.3) is 0 Å². The fourth-order valence-electron chi connectivity index (χ4n) is 2.85. The zero-order valence-corrected chi connectivity index (χ0v) is 12.4. The van der Waals surface area contributed by atoms with E-state index in [1.165, 1.54) is 0 Å². The number of nitrogens with zero attached hydrogens (tertiary/aromatic N) is 4. The number of aryl methyl sites for hydroxylation is 1. The number of hydrogen-bond donors (Lipinski definition) is 1. The standard InChI is InChI=1S/C14H19N5O2/c1-9-11(8-16-19(9)3)14-12(6-13(20)18(14)2)15-7-10-4-5-21-17-10/h4-5,8,12,14-15H,6-7H2,1-3H3/t12-,14+/m1/s1.